The third kappa shape index (κ3) is 4.70. The van der Waals surface area contributed by atoms with Crippen LogP contribution in [0.4, 0.5) is 10.5 Å². The van der Waals surface area contributed by atoms with E-state index in [1.807, 2.05) is 32.4 Å². The van der Waals surface area contributed by atoms with Gasteiger partial charge in [-0.25, -0.2) is 19.5 Å². The molecule has 0 aliphatic heterocycles. The summed E-state index contributed by atoms with van der Waals surface area (Å²) in [6.07, 6.45) is 2.38. The molecular formula is C17H21ClN4O3S. The van der Waals surface area contributed by atoms with E-state index in [2.05, 4.69) is 15.3 Å². The van der Waals surface area contributed by atoms with E-state index in [0.29, 0.717) is 10.7 Å². The Balaban J connectivity index is 2.34. The SMILES string of the molecule is CC(C)c1cc(Cl)cc(C(C)C)c1NC(=O)NS(=O)(=O)c1ccncn1. The van der Waals surface area contributed by atoms with Gasteiger partial charge in [0.25, 0.3) is 10.0 Å². The number of sulfonamides is 1. The molecule has 1 aromatic heterocycles. The van der Waals surface area contributed by atoms with Crippen molar-refractivity contribution in [2.75, 3.05) is 5.32 Å². The van der Waals surface area contributed by atoms with E-state index in [4.69, 9.17) is 11.6 Å². The maximum Gasteiger partial charge on any atom is 0.333 e. The molecule has 1 heterocycles. The number of nitrogens with one attached hydrogen (secondary N) is 2. The molecule has 1 aromatic carbocycles. The maximum absolute atomic E-state index is 12.4. The average Bonchev–Trinajstić information content (AvgIpc) is 2.56. The van der Waals surface area contributed by atoms with Crippen LogP contribution in [0.15, 0.2) is 35.7 Å². The molecule has 9 heteroatoms. The van der Waals surface area contributed by atoms with Gasteiger partial charge in [0.2, 0.25) is 0 Å². The van der Waals surface area contributed by atoms with Gasteiger partial charge in [-0.15, -0.1) is 0 Å². The number of urea groups is 1. The normalized spacial score (nSPS) is 11.7. The van der Waals surface area contributed by atoms with Gasteiger partial charge in [0.1, 0.15) is 6.33 Å². The van der Waals surface area contributed by atoms with Crippen molar-refractivity contribution in [1.82, 2.24) is 14.7 Å². The fraction of sp³-hybridized carbons (Fsp3) is 0.353. The molecule has 0 atom stereocenters. The summed E-state index contributed by atoms with van der Waals surface area (Å²) in [6, 6.07) is 3.88. The van der Waals surface area contributed by atoms with E-state index in [1.165, 1.54) is 12.3 Å². The van der Waals surface area contributed by atoms with Crippen LogP contribution < -0.4 is 10.0 Å². The topological polar surface area (TPSA) is 101 Å². The Bertz CT molecular complexity index is 870. The standard InChI is InChI=1S/C17H21ClN4O3S/c1-10(2)13-7-12(18)8-14(11(3)4)16(13)21-17(23)22-26(24,25)15-5-6-19-9-20-15/h5-11H,1-4H3,(H2,21,22,23). The lowest BCUT2D eigenvalue weighted by molar-refractivity contribution is 0.256. The maximum atomic E-state index is 12.4. The fourth-order valence-corrected chi connectivity index (χ4v) is 3.52. The highest BCUT2D eigenvalue weighted by Gasteiger charge is 2.22. The Morgan fingerprint density at radius 1 is 1.12 bits per heavy atom. The van der Waals surface area contributed by atoms with E-state index >= 15 is 0 Å². The van der Waals surface area contributed by atoms with Crippen LogP contribution in [0.25, 0.3) is 0 Å². The van der Waals surface area contributed by atoms with Gasteiger partial charge < -0.3 is 5.32 Å². The Morgan fingerprint density at radius 3 is 2.15 bits per heavy atom. The molecule has 0 fully saturated rings. The van der Waals surface area contributed by atoms with Gasteiger partial charge in [-0.05, 0) is 41.2 Å². The van der Waals surface area contributed by atoms with E-state index in [-0.39, 0.29) is 16.9 Å². The Kier molecular flexibility index (Phi) is 6.20. The van der Waals surface area contributed by atoms with Crippen molar-refractivity contribution in [1.29, 1.82) is 0 Å². The Morgan fingerprint density at radius 2 is 1.69 bits per heavy atom. The minimum atomic E-state index is -4.09. The van der Waals surface area contributed by atoms with Crippen molar-refractivity contribution in [3.63, 3.8) is 0 Å². The number of nitrogens with zero attached hydrogens (tertiary/aromatic N) is 2. The number of anilines is 1. The summed E-state index contributed by atoms with van der Waals surface area (Å²) in [6.45, 7) is 7.87. The number of hydrogen-bond donors (Lipinski definition) is 2. The van der Waals surface area contributed by atoms with Gasteiger partial charge in [-0.1, -0.05) is 39.3 Å². The summed E-state index contributed by atoms with van der Waals surface area (Å²) in [4.78, 5) is 19.7. The van der Waals surface area contributed by atoms with Crippen molar-refractivity contribution in [2.45, 2.75) is 44.6 Å². The van der Waals surface area contributed by atoms with Crippen LogP contribution in [0.1, 0.15) is 50.7 Å². The predicted octanol–water partition coefficient (Wildman–Crippen LogP) is 3.89. The summed E-state index contributed by atoms with van der Waals surface area (Å²) in [5.74, 6) is 0.167. The lowest BCUT2D eigenvalue weighted by Gasteiger charge is -2.21. The first-order valence-electron chi connectivity index (χ1n) is 8.05. The lowest BCUT2D eigenvalue weighted by Crippen LogP contribution is -2.35. The van der Waals surface area contributed by atoms with Crippen LogP contribution in [0, 0.1) is 0 Å². The molecule has 2 N–H and O–H groups in total. The molecule has 0 aliphatic carbocycles. The van der Waals surface area contributed by atoms with Crippen LogP contribution in [-0.2, 0) is 10.0 Å². The van der Waals surface area contributed by atoms with Crippen LogP contribution >= 0.6 is 11.6 Å². The summed E-state index contributed by atoms with van der Waals surface area (Å²) in [5, 5.41) is 2.95. The van der Waals surface area contributed by atoms with Gasteiger partial charge in [-0.2, -0.15) is 8.42 Å². The zero-order valence-corrected chi connectivity index (χ0v) is 16.5. The molecule has 0 saturated carbocycles. The molecule has 0 spiro atoms. The van der Waals surface area contributed by atoms with E-state index in [9.17, 15) is 13.2 Å². The zero-order valence-electron chi connectivity index (χ0n) is 14.9. The van der Waals surface area contributed by atoms with Gasteiger partial charge in [0.05, 0.1) is 0 Å². The largest absolute Gasteiger partial charge is 0.333 e. The first-order chi connectivity index (χ1) is 12.1. The fourth-order valence-electron chi connectivity index (χ4n) is 2.46. The molecule has 7 nitrogen and oxygen atoms in total. The first kappa shape index (κ1) is 20.1. The third-order valence-corrected chi connectivity index (χ3v) is 5.17. The van der Waals surface area contributed by atoms with Crippen LogP contribution in [-0.4, -0.2) is 24.4 Å². The number of halogens is 1. The number of carbonyl (C=O) groups is 1. The van der Waals surface area contributed by atoms with Gasteiger partial charge in [0, 0.05) is 16.9 Å². The highest BCUT2D eigenvalue weighted by Crippen LogP contribution is 2.35. The first-order valence-corrected chi connectivity index (χ1v) is 9.91. The van der Waals surface area contributed by atoms with Crippen LogP contribution in [0.5, 0.6) is 0 Å². The summed E-state index contributed by atoms with van der Waals surface area (Å²) < 4.78 is 26.4. The molecule has 2 amide bonds. The molecule has 140 valence electrons. The van der Waals surface area contributed by atoms with Crippen LogP contribution in [0.3, 0.4) is 0 Å². The predicted molar refractivity (Wildman–Crippen MR) is 101 cm³/mol. The lowest BCUT2D eigenvalue weighted by atomic mass is 9.92. The summed E-state index contributed by atoms with van der Waals surface area (Å²) in [7, 11) is -4.09. The quantitative estimate of drug-likeness (QED) is 0.746. The summed E-state index contributed by atoms with van der Waals surface area (Å²) >= 11 is 6.19. The molecule has 0 aliphatic rings. The third-order valence-electron chi connectivity index (χ3n) is 3.70. The highest BCUT2D eigenvalue weighted by atomic mass is 35.5. The van der Waals surface area contributed by atoms with Crippen molar-refractivity contribution in [3.05, 3.63) is 46.9 Å². The van der Waals surface area contributed by atoms with E-state index in [0.717, 1.165) is 17.5 Å². The Hall–Kier alpha value is -2.19. The molecule has 2 rings (SSSR count). The number of hydrogen-bond acceptors (Lipinski definition) is 5. The monoisotopic (exact) mass is 396 g/mol. The second kappa shape index (κ2) is 8.01. The molecule has 0 unspecified atom stereocenters. The van der Waals surface area contributed by atoms with E-state index in [1.54, 1.807) is 12.1 Å². The van der Waals surface area contributed by atoms with Crippen LogP contribution in [0.2, 0.25) is 5.02 Å². The van der Waals surface area contributed by atoms with E-state index < -0.39 is 16.1 Å². The van der Waals surface area contributed by atoms with Crippen molar-refractivity contribution < 1.29 is 13.2 Å². The van der Waals surface area contributed by atoms with Gasteiger partial charge in [0.15, 0.2) is 5.03 Å². The number of rotatable bonds is 5. The second-order valence-electron chi connectivity index (χ2n) is 6.38. The molecule has 0 bridgehead atoms. The summed E-state index contributed by atoms with van der Waals surface area (Å²) in [5.41, 5.74) is 2.22. The highest BCUT2D eigenvalue weighted by molar-refractivity contribution is 7.90. The van der Waals surface area contributed by atoms with Crippen molar-refractivity contribution in [2.24, 2.45) is 0 Å². The van der Waals surface area contributed by atoms with Gasteiger partial charge >= 0.3 is 6.03 Å². The molecule has 2 aromatic rings. The molecule has 0 radical (unpaired) electrons. The molecular weight excluding hydrogens is 376 g/mol. The smallest absolute Gasteiger partial charge is 0.307 e. The molecule has 0 saturated heterocycles. The van der Waals surface area contributed by atoms with Crippen molar-refractivity contribution in [3.8, 4) is 0 Å². The number of amides is 2. The van der Waals surface area contributed by atoms with Gasteiger partial charge in [-0.3, -0.25) is 0 Å². The number of benzene rings is 1. The minimum Gasteiger partial charge on any atom is -0.307 e. The van der Waals surface area contributed by atoms with Crippen molar-refractivity contribution >= 4 is 33.3 Å². The number of aromatic nitrogens is 2. The second-order valence-corrected chi connectivity index (χ2v) is 8.44. The average molecular weight is 397 g/mol. The minimum absolute atomic E-state index is 0.0833. The zero-order chi connectivity index (χ0) is 19.5. The molecule has 26 heavy (non-hydrogen) atoms. The number of carbonyl (C=O) groups excluding carboxylic acids is 1. The Labute approximate surface area is 158 Å².